The molecule has 0 radical (unpaired) electrons. The molecule has 0 spiro atoms. The van der Waals surface area contributed by atoms with Crippen molar-refractivity contribution < 1.29 is 56.5 Å². The number of allylic oxidation sites excluding steroid dienone is 1. The molecule has 2 aromatic rings. The molecule has 3 rings (SSSR count). The van der Waals surface area contributed by atoms with Crippen LogP contribution in [0, 0.1) is 0 Å². The Kier molecular flexibility index (Phi) is 9.72. The Morgan fingerprint density at radius 3 is 2.11 bits per heavy atom. The average molecular weight is 580 g/mol. The summed E-state index contributed by atoms with van der Waals surface area (Å²) in [6, 6.07) is 11.2. The maximum Gasteiger partial charge on any atom is 0.534 e. The summed E-state index contributed by atoms with van der Waals surface area (Å²) < 4.78 is 127. The molecular formula is C20H19F6NO6S3. The second-order valence-electron chi connectivity index (χ2n) is 7.26. The molecule has 1 aromatic heterocycles. The van der Waals surface area contributed by atoms with Crippen LogP contribution in [0.2, 0.25) is 0 Å². The molecule has 16 heteroatoms. The van der Waals surface area contributed by atoms with Gasteiger partial charge in [-0.15, -0.1) is 0 Å². The molecule has 0 N–H and O–H groups in total. The summed E-state index contributed by atoms with van der Waals surface area (Å²) in [6.45, 7) is 1.33. The van der Waals surface area contributed by atoms with Crippen molar-refractivity contribution in [2.24, 2.45) is 0 Å². The first-order chi connectivity index (χ1) is 16.5. The van der Waals surface area contributed by atoms with Crippen LogP contribution in [-0.4, -0.2) is 49.2 Å². The highest BCUT2D eigenvalue weighted by Gasteiger charge is 2.49. The lowest BCUT2D eigenvalue weighted by molar-refractivity contribution is -0.548. The van der Waals surface area contributed by atoms with Gasteiger partial charge in [0.05, 0.1) is 0 Å². The molecule has 0 unspecified atom stereocenters. The molecule has 0 saturated heterocycles. The van der Waals surface area contributed by atoms with Crippen LogP contribution in [0.15, 0.2) is 53.2 Å². The third kappa shape index (κ3) is 8.60. The fraction of sp³-hybridized carbons (Fsp3) is 0.350. The summed E-state index contributed by atoms with van der Waals surface area (Å²) in [4.78, 5) is 0. The van der Waals surface area contributed by atoms with Gasteiger partial charge in [-0.2, -0.15) is 46.1 Å². The number of benzene rings is 1. The van der Waals surface area contributed by atoms with E-state index in [1.807, 2.05) is 30.3 Å². The van der Waals surface area contributed by atoms with Gasteiger partial charge in [0.2, 0.25) is 0 Å². The van der Waals surface area contributed by atoms with Crippen molar-refractivity contribution in [1.29, 1.82) is 0 Å². The van der Waals surface area contributed by atoms with E-state index in [0.29, 0.717) is 18.5 Å². The lowest BCUT2D eigenvalue weighted by Gasteiger charge is -2.15. The summed E-state index contributed by atoms with van der Waals surface area (Å²) in [5, 5.41) is 3.21. The van der Waals surface area contributed by atoms with E-state index in [9.17, 15) is 34.8 Å². The third-order valence-electron chi connectivity index (χ3n) is 4.60. The molecule has 36 heavy (non-hydrogen) atoms. The van der Waals surface area contributed by atoms with Crippen LogP contribution in [0.1, 0.15) is 30.4 Å². The fourth-order valence-corrected chi connectivity index (χ4v) is 4.06. The number of hydrogen-bond donors (Lipinski definition) is 0. The molecular weight excluding hydrogens is 560 g/mol. The number of thiophene rings is 1. The van der Waals surface area contributed by atoms with E-state index in [0.717, 1.165) is 30.7 Å². The zero-order valence-corrected chi connectivity index (χ0v) is 20.6. The SMILES string of the molecule is O=S(=O)(O/C(=C\C1=[N+](Cc2ccccc2)CCCC1)c1ccsc1)C(F)(F)F.O=S(=O)([O-])C(F)(F)F. The Hall–Kier alpha value is -2.43. The number of alkyl halides is 6. The van der Waals surface area contributed by atoms with Crippen LogP contribution >= 0.6 is 11.3 Å². The number of nitrogens with zero attached hydrogens (tertiary/aromatic N) is 1. The van der Waals surface area contributed by atoms with Gasteiger partial charge < -0.3 is 8.74 Å². The molecule has 0 bridgehead atoms. The highest BCUT2D eigenvalue weighted by Crippen LogP contribution is 2.31. The van der Waals surface area contributed by atoms with Crippen LogP contribution < -0.4 is 0 Å². The molecule has 0 saturated carbocycles. The van der Waals surface area contributed by atoms with Crippen molar-refractivity contribution in [3.05, 3.63) is 64.4 Å². The minimum Gasteiger partial charge on any atom is -0.741 e. The number of rotatable bonds is 6. The lowest BCUT2D eigenvalue weighted by Crippen LogP contribution is -2.27. The molecule has 0 atom stereocenters. The van der Waals surface area contributed by atoms with Gasteiger partial charge in [0.15, 0.2) is 28.1 Å². The topological polar surface area (TPSA) is 104 Å². The zero-order valence-electron chi connectivity index (χ0n) is 18.1. The van der Waals surface area contributed by atoms with Crippen LogP contribution in [0.5, 0.6) is 0 Å². The number of hydrogen-bond acceptors (Lipinski definition) is 7. The molecule has 200 valence electrons. The van der Waals surface area contributed by atoms with E-state index in [1.165, 1.54) is 23.5 Å². The minimum absolute atomic E-state index is 0.301. The normalized spacial score (nSPS) is 15.8. The second-order valence-corrected chi connectivity index (χ2v) is 10.9. The van der Waals surface area contributed by atoms with Crippen LogP contribution in [0.25, 0.3) is 5.76 Å². The summed E-state index contributed by atoms with van der Waals surface area (Å²) >= 11 is 1.25. The van der Waals surface area contributed by atoms with Gasteiger partial charge in [-0.25, -0.2) is 13.0 Å². The Morgan fingerprint density at radius 2 is 1.61 bits per heavy atom. The lowest BCUT2D eigenvalue weighted by atomic mass is 10.1. The van der Waals surface area contributed by atoms with Crippen LogP contribution in [-0.2, 0) is 31.0 Å². The van der Waals surface area contributed by atoms with Gasteiger partial charge in [-0.3, -0.25) is 0 Å². The molecule has 1 aliphatic rings. The first kappa shape index (κ1) is 29.8. The minimum atomic E-state index is -6.09. The second kappa shape index (κ2) is 11.7. The molecule has 7 nitrogen and oxygen atoms in total. The van der Waals surface area contributed by atoms with E-state index in [4.69, 9.17) is 13.0 Å². The summed E-state index contributed by atoms with van der Waals surface area (Å²) in [5.74, 6) is -0.312. The fourth-order valence-electron chi connectivity index (χ4n) is 2.94. The van der Waals surface area contributed by atoms with Crippen molar-refractivity contribution in [1.82, 2.24) is 0 Å². The van der Waals surface area contributed by atoms with E-state index in [2.05, 4.69) is 8.76 Å². The molecule has 0 aliphatic carbocycles. The van der Waals surface area contributed by atoms with Gasteiger partial charge in [-0.05, 0) is 17.9 Å². The Balaban J connectivity index is 0.000000493. The largest absolute Gasteiger partial charge is 0.741 e. The first-order valence-corrected chi connectivity index (χ1v) is 13.7. The smallest absolute Gasteiger partial charge is 0.534 e. The van der Waals surface area contributed by atoms with Gasteiger partial charge in [-0.1, -0.05) is 30.3 Å². The maximum absolute atomic E-state index is 12.8. The van der Waals surface area contributed by atoms with E-state index >= 15 is 0 Å². The van der Waals surface area contributed by atoms with E-state index in [1.54, 1.807) is 10.8 Å². The summed E-state index contributed by atoms with van der Waals surface area (Å²) in [6.07, 6.45) is 3.89. The number of halogens is 6. The Morgan fingerprint density at radius 1 is 1.00 bits per heavy atom. The zero-order chi connectivity index (χ0) is 27.2. The average Bonchev–Trinajstić information content (AvgIpc) is 3.28. The standard InChI is InChI=1S/C19H19F3NO3S2.CHF3O3S/c20-19(21,22)28(24,25)26-18(16-9-11-27-14-16)12-17-8-4-5-10-23(17)13-15-6-2-1-3-7-15;2-1(3,4)8(5,6)7/h1-3,6-7,9,11-12,14H,4-5,8,10,13H2;(H,5,6,7)/q+1;/p-1/b18-12-;. The molecule has 1 aromatic carbocycles. The molecule has 0 amide bonds. The Labute approximate surface area is 207 Å². The van der Waals surface area contributed by atoms with Crippen molar-refractivity contribution in [2.45, 2.75) is 36.8 Å². The van der Waals surface area contributed by atoms with Crippen molar-refractivity contribution in [3.63, 3.8) is 0 Å². The Bertz CT molecular complexity index is 1280. The first-order valence-electron chi connectivity index (χ1n) is 9.93. The third-order valence-corrected chi connectivity index (χ3v) is 6.82. The van der Waals surface area contributed by atoms with E-state index < -0.39 is 31.3 Å². The molecule has 2 heterocycles. The molecule has 0 fully saturated rings. The predicted molar refractivity (Wildman–Crippen MR) is 118 cm³/mol. The highest BCUT2D eigenvalue weighted by atomic mass is 32.2. The van der Waals surface area contributed by atoms with Gasteiger partial charge >= 0.3 is 21.1 Å². The maximum atomic E-state index is 12.8. The van der Waals surface area contributed by atoms with Gasteiger partial charge in [0.25, 0.3) is 0 Å². The van der Waals surface area contributed by atoms with Crippen molar-refractivity contribution in [2.75, 3.05) is 6.54 Å². The molecule has 1 aliphatic heterocycles. The van der Waals surface area contributed by atoms with Crippen molar-refractivity contribution in [3.8, 4) is 0 Å². The summed E-state index contributed by atoms with van der Waals surface area (Å²) in [5.41, 5.74) is -9.00. The van der Waals surface area contributed by atoms with Crippen molar-refractivity contribution >= 4 is 43.0 Å². The monoisotopic (exact) mass is 579 g/mol. The van der Waals surface area contributed by atoms with E-state index in [-0.39, 0.29) is 5.76 Å². The highest BCUT2D eigenvalue weighted by molar-refractivity contribution is 7.87. The van der Waals surface area contributed by atoms with Gasteiger partial charge in [0, 0.05) is 35.4 Å². The van der Waals surface area contributed by atoms with Crippen LogP contribution in [0.4, 0.5) is 26.3 Å². The predicted octanol–water partition coefficient (Wildman–Crippen LogP) is 4.84. The summed E-state index contributed by atoms with van der Waals surface area (Å²) in [7, 11) is -11.8. The quantitative estimate of drug-likeness (QED) is 0.121. The van der Waals surface area contributed by atoms with Crippen LogP contribution in [0.3, 0.4) is 0 Å². The van der Waals surface area contributed by atoms with Gasteiger partial charge in [0.1, 0.15) is 6.54 Å².